The summed E-state index contributed by atoms with van der Waals surface area (Å²) >= 11 is 2.65. The van der Waals surface area contributed by atoms with Crippen molar-refractivity contribution in [3.05, 3.63) is 36.4 Å². The maximum absolute atomic E-state index is 11.1. The van der Waals surface area contributed by atoms with Gasteiger partial charge in [-0.1, -0.05) is 11.8 Å². The normalized spacial score (nSPS) is 11.4. The van der Waals surface area contributed by atoms with E-state index in [1.54, 1.807) is 13.2 Å². The molecule has 0 aliphatic carbocycles. The molecule has 2 rings (SSSR count). The zero-order chi connectivity index (χ0) is 13.2. The molecule has 0 fully saturated rings. The van der Waals surface area contributed by atoms with Crippen molar-refractivity contribution in [1.82, 2.24) is 0 Å². The third kappa shape index (κ3) is 3.26. The van der Waals surface area contributed by atoms with E-state index in [1.165, 1.54) is 17.8 Å². The van der Waals surface area contributed by atoms with Crippen molar-refractivity contribution in [3.63, 3.8) is 0 Å². The van der Waals surface area contributed by atoms with Gasteiger partial charge in [0.05, 0.1) is 11.3 Å². The highest BCUT2D eigenvalue weighted by Gasteiger charge is 2.11. The third-order valence-corrected chi connectivity index (χ3v) is 5.78. The molecule has 1 aromatic carbocycles. The highest BCUT2D eigenvalue weighted by atomic mass is 32.3. The van der Waals surface area contributed by atoms with Crippen LogP contribution in [0.1, 0.15) is 0 Å². The molecule has 18 heavy (non-hydrogen) atoms. The Balaban J connectivity index is 2.16. The first-order valence-corrected chi connectivity index (χ1v) is 8.11. The highest BCUT2D eigenvalue weighted by Crippen LogP contribution is 2.35. The number of rotatable bonds is 4. The van der Waals surface area contributed by atoms with Crippen molar-refractivity contribution in [2.75, 3.05) is 7.11 Å². The van der Waals surface area contributed by atoms with Crippen molar-refractivity contribution in [3.8, 4) is 5.75 Å². The van der Waals surface area contributed by atoms with Gasteiger partial charge in [0.15, 0.2) is 0 Å². The smallest absolute Gasteiger partial charge is 0.247 e. The average Bonchev–Trinajstić information content (AvgIpc) is 2.78. The molecule has 0 saturated heterocycles. The van der Waals surface area contributed by atoms with Gasteiger partial charge in [0.1, 0.15) is 9.96 Å². The van der Waals surface area contributed by atoms with Crippen LogP contribution < -0.4 is 9.88 Å². The predicted molar refractivity (Wildman–Crippen MR) is 72.8 cm³/mol. The number of methoxy groups -OCH3 is 1. The van der Waals surface area contributed by atoms with Gasteiger partial charge >= 0.3 is 0 Å². The maximum Gasteiger partial charge on any atom is 0.247 e. The topological polar surface area (TPSA) is 69.4 Å². The van der Waals surface area contributed by atoms with E-state index < -0.39 is 10.0 Å². The molecule has 0 amide bonds. The van der Waals surface area contributed by atoms with Gasteiger partial charge in [0.2, 0.25) is 10.0 Å². The summed E-state index contributed by atoms with van der Waals surface area (Å²) < 4.78 is 28.4. The van der Waals surface area contributed by atoms with E-state index in [4.69, 9.17) is 9.88 Å². The Hall–Kier alpha value is -1.02. The van der Waals surface area contributed by atoms with Crippen LogP contribution in [0.5, 0.6) is 5.75 Å². The summed E-state index contributed by atoms with van der Waals surface area (Å²) in [5, 5.41) is 5.06. The fourth-order valence-electron chi connectivity index (χ4n) is 1.27. The summed E-state index contributed by atoms with van der Waals surface area (Å²) in [6.07, 6.45) is 0. The van der Waals surface area contributed by atoms with Gasteiger partial charge < -0.3 is 4.74 Å². The van der Waals surface area contributed by atoms with Crippen LogP contribution in [0.3, 0.4) is 0 Å². The quantitative estimate of drug-likeness (QED) is 0.942. The first kappa shape index (κ1) is 13.4. The summed E-state index contributed by atoms with van der Waals surface area (Å²) in [7, 11) is -1.99. The van der Waals surface area contributed by atoms with Crippen LogP contribution >= 0.6 is 23.1 Å². The lowest BCUT2D eigenvalue weighted by molar-refractivity contribution is 0.414. The molecule has 0 spiro atoms. The monoisotopic (exact) mass is 301 g/mol. The molecule has 7 heteroatoms. The number of hydrogen-bond donors (Lipinski definition) is 1. The maximum atomic E-state index is 11.1. The number of benzene rings is 1. The minimum Gasteiger partial charge on any atom is -0.497 e. The molecule has 0 bridgehead atoms. The van der Waals surface area contributed by atoms with Crippen LogP contribution in [0.4, 0.5) is 0 Å². The Bertz CT molecular complexity index is 632. The molecule has 0 unspecified atom stereocenters. The van der Waals surface area contributed by atoms with Crippen LogP contribution in [-0.2, 0) is 10.0 Å². The van der Waals surface area contributed by atoms with Gasteiger partial charge in [0.25, 0.3) is 0 Å². The molecule has 0 atom stereocenters. The number of hydrogen-bond acceptors (Lipinski definition) is 5. The van der Waals surface area contributed by atoms with Gasteiger partial charge in [0, 0.05) is 4.90 Å². The molecule has 0 saturated carbocycles. The Morgan fingerprint density at radius 1 is 1.17 bits per heavy atom. The minimum atomic E-state index is -3.60. The third-order valence-electron chi connectivity index (χ3n) is 2.11. The molecule has 4 nitrogen and oxygen atoms in total. The molecule has 0 radical (unpaired) electrons. The molecule has 96 valence electrons. The first-order valence-electron chi connectivity index (χ1n) is 4.93. The van der Waals surface area contributed by atoms with E-state index >= 15 is 0 Å². The molecular formula is C11H11NO3S3. The number of ether oxygens (including phenoxy) is 1. The van der Waals surface area contributed by atoms with E-state index in [1.807, 2.05) is 24.3 Å². The molecule has 1 aromatic heterocycles. The van der Waals surface area contributed by atoms with Crippen LogP contribution in [0.25, 0.3) is 0 Å². The van der Waals surface area contributed by atoms with Gasteiger partial charge in [-0.2, -0.15) is 0 Å². The van der Waals surface area contributed by atoms with E-state index in [0.29, 0.717) is 0 Å². The second-order valence-electron chi connectivity index (χ2n) is 3.40. The molecule has 0 aliphatic rings. The lowest BCUT2D eigenvalue weighted by atomic mass is 10.3. The van der Waals surface area contributed by atoms with E-state index in [9.17, 15) is 8.42 Å². The summed E-state index contributed by atoms with van der Waals surface area (Å²) in [4.78, 5) is 1.01. The number of nitrogens with two attached hydrogens (primary N) is 1. The highest BCUT2D eigenvalue weighted by molar-refractivity contribution is 8.01. The minimum absolute atomic E-state index is 0.179. The van der Waals surface area contributed by atoms with Crippen molar-refractivity contribution >= 4 is 33.1 Å². The van der Waals surface area contributed by atoms with Crippen LogP contribution in [0, 0.1) is 0 Å². The molecular weight excluding hydrogens is 290 g/mol. The van der Waals surface area contributed by atoms with Gasteiger partial charge in [-0.25, -0.2) is 13.6 Å². The molecule has 1 heterocycles. The standard InChI is InChI=1S/C11H11NO3S3/c1-15-8-2-4-9(5-3-8)16-10-6-7-11(17-10)18(12,13)14/h2-7H,1H3,(H2,12,13,14). The van der Waals surface area contributed by atoms with E-state index in [2.05, 4.69) is 0 Å². The fourth-order valence-corrected chi connectivity index (χ4v) is 4.26. The second kappa shape index (κ2) is 5.31. The SMILES string of the molecule is COc1ccc(Sc2ccc(S(N)(=O)=O)s2)cc1. The Kier molecular flexibility index (Phi) is 3.96. The summed E-state index contributed by atoms with van der Waals surface area (Å²) in [6.45, 7) is 0. The zero-order valence-corrected chi connectivity index (χ0v) is 11.9. The zero-order valence-electron chi connectivity index (χ0n) is 9.49. The van der Waals surface area contributed by atoms with Crippen molar-refractivity contribution in [1.29, 1.82) is 0 Å². The lowest BCUT2D eigenvalue weighted by Gasteiger charge is -2.01. The van der Waals surface area contributed by atoms with Crippen LogP contribution in [0.2, 0.25) is 0 Å². The fraction of sp³-hybridized carbons (Fsp3) is 0.0909. The van der Waals surface area contributed by atoms with Crippen molar-refractivity contribution < 1.29 is 13.2 Å². The van der Waals surface area contributed by atoms with E-state index in [0.717, 1.165) is 26.2 Å². The van der Waals surface area contributed by atoms with E-state index in [-0.39, 0.29) is 4.21 Å². The van der Waals surface area contributed by atoms with Crippen molar-refractivity contribution in [2.24, 2.45) is 5.14 Å². The van der Waals surface area contributed by atoms with Crippen LogP contribution in [-0.4, -0.2) is 15.5 Å². The van der Waals surface area contributed by atoms with Crippen LogP contribution in [0.15, 0.2) is 49.7 Å². The molecule has 2 aromatic rings. The largest absolute Gasteiger partial charge is 0.497 e. The van der Waals surface area contributed by atoms with Gasteiger partial charge in [-0.05, 0) is 36.4 Å². The molecule has 2 N–H and O–H groups in total. The van der Waals surface area contributed by atoms with Gasteiger partial charge in [-0.15, -0.1) is 11.3 Å². The Labute approximate surface area is 114 Å². The number of primary sulfonamides is 1. The first-order chi connectivity index (χ1) is 8.49. The number of sulfonamides is 1. The lowest BCUT2D eigenvalue weighted by Crippen LogP contribution is -2.09. The number of thiophene rings is 1. The molecule has 0 aliphatic heterocycles. The second-order valence-corrected chi connectivity index (χ2v) is 7.64. The Morgan fingerprint density at radius 3 is 2.33 bits per heavy atom. The van der Waals surface area contributed by atoms with Gasteiger partial charge in [-0.3, -0.25) is 0 Å². The Morgan fingerprint density at radius 2 is 1.83 bits per heavy atom. The summed E-state index contributed by atoms with van der Waals surface area (Å²) in [5.74, 6) is 0.788. The predicted octanol–water partition coefficient (Wildman–Crippen LogP) is 2.56. The van der Waals surface area contributed by atoms with Crippen molar-refractivity contribution in [2.45, 2.75) is 13.3 Å². The summed E-state index contributed by atoms with van der Waals surface area (Å²) in [6, 6.07) is 10.8. The average molecular weight is 301 g/mol. The summed E-state index contributed by atoms with van der Waals surface area (Å²) in [5.41, 5.74) is 0.